The summed E-state index contributed by atoms with van der Waals surface area (Å²) in [4.78, 5) is 12.2. The van der Waals surface area contributed by atoms with E-state index in [4.69, 9.17) is 11.6 Å². The average Bonchev–Trinajstić information content (AvgIpc) is 3.21. The maximum atomic E-state index is 12.2. The van der Waals surface area contributed by atoms with Gasteiger partial charge in [0.05, 0.1) is 15.7 Å². The monoisotopic (exact) mass is 395 g/mol. The molecule has 2 heterocycles. The summed E-state index contributed by atoms with van der Waals surface area (Å²) in [5, 5.41) is 11.8. The van der Waals surface area contributed by atoms with Crippen molar-refractivity contribution in [2.75, 3.05) is 5.75 Å². The van der Waals surface area contributed by atoms with Crippen molar-refractivity contribution < 1.29 is 4.79 Å². The van der Waals surface area contributed by atoms with Crippen molar-refractivity contribution in [2.45, 2.75) is 15.1 Å². The highest BCUT2D eigenvalue weighted by Crippen LogP contribution is 2.27. The highest BCUT2D eigenvalue weighted by molar-refractivity contribution is 8.00. The first-order valence-corrected chi connectivity index (χ1v) is 10.3. The van der Waals surface area contributed by atoms with Crippen LogP contribution in [0.25, 0.3) is 0 Å². The Balaban J connectivity index is 1.57. The van der Waals surface area contributed by atoms with Gasteiger partial charge in [0, 0.05) is 17.6 Å². The standard InChI is InChI=1S/C16H14ClN3OS3/c1-20-14(10-23-15-3-2-8-22-15)18-19-16(20)24-9-13(21)11-4-6-12(17)7-5-11/h2-8H,9-10H2,1H3. The number of rotatable bonds is 7. The molecule has 0 saturated carbocycles. The van der Waals surface area contributed by atoms with Gasteiger partial charge in [0.1, 0.15) is 5.82 Å². The minimum atomic E-state index is 0.0502. The van der Waals surface area contributed by atoms with Gasteiger partial charge in [0.15, 0.2) is 10.9 Å². The van der Waals surface area contributed by atoms with Crippen LogP contribution in [0.15, 0.2) is 51.1 Å². The van der Waals surface area contributed by atoms with Gasteiger partial charge in [-0.2, -0.15) is 0 Å². The number of Topliss-reactive ketones (excluding diaryl/α,β-unsaturated/α-hetero) is 1. The molecule has 0 N–H and O–H groups in total. The number of hydrogen-bond donors (Lipinski definition) is 0. The molecule has 24 heavy (non-hydrogen) atoms. The first kappa shape index (κ1) is 17.5. The number of aromatic nitrogens is 3. The lowest BCUT2D eigenvalue weighted by molar-refractivity contribution is 0.102. The zero-order valence-corrected chi connectivity index (χ0v) is 16.0. The van der Waals surface area contributed by atoms with Gasteiger partial charge >= 0.3 is 0 Å². The summed E-state index contributed by atoms with van der Waals surface area (Å²) in [7, 11) is 1.93. The summed E-state index contributed by atoms with van der Waals surface area (Å²) in [5.41, 5.74) is 0.655. The lowest BCUT2D eigenvalue weighted by Crippen LogP contribution is -2.04. The molecule has 0 aliphatic heterocycles. The maximum Gasteiger partial charge on any atom is 0.191 e. The molecule has 0 atom stereocenters. The van der Waals surface area contributed by atoms with Gasteiger partial charge in [-0.1, -0.05) is 29.4 Å². The summed E-state index contributed by atoms with van der Waals surface area (Å²) in [6.07, 6.45) is 0. The predicted octanol–water partition coefficient (Wildman–Crippen LogP) is 4.80. The summed E-state index contributed by atoms with van der Waals surface area (Å²) >= 11 is 10.7. The molecule has 0 fully saturated rings. The van der Waals surface area contributed by atoms with E-state index in [-0.39, 0.29) is 5.78 Å². The Morgan fingerprint density at radius 2 is 2.00 bits per heavy atom. The summed E-state index contributed by atoms with van der Waals surface area (Å²) in [6, 6.07) is 11.1. The first-order chi connectivity index (χ1) is 11.6. The highest BCUT2D eigenvalue weighted by atomic mass is 35.5. The summed E-state index contributed by atoms with van der Waals surface area (Å²) in [6.45, 7) is 0. The van der Waals surface area contributed by atoms with Crippen LogP contribution in [0.1, 0.15) is 16.2 Å². The van der Waals surface area contributed by atoms with Crippen LogP contribution >= 0.6 is 46.5 Å². The minimum Gasteiger partial charge on any atom is -0.308 e. The van der Waals surface area contributed by atoms with Crippen molar-refractivity contribution in [3.05, 3.63) is 58.2 Å². The number of ketones is 1. The van der Waals surface area contributed by atoms with E-state index in [9.17, 15) is 4.79 Å². The number of hydrogen-bond acceptors (Lipinski definition) is 6. The molecule has 0 aliphatic carbocycles. The van der Waals surface area contributed by atoms with Gasteiger partial charge in [-0.15, -0.1) is 33.3 Å². The number of carbonyl (C=O) groups is 1. The molecule has 0 unspecified atom stereocenters. The van der Waals surface area contributed by atoms with Gasteiger partial charge in [0.25, 0.3) is 0 Å². The number of nitrogens with zero attached hydrogens (tertiary/aromatic N) is 3. The van der Waals surface area contributed by atoms with Gasteiger partial charge < -0.3 is 4.57 Å². The molecule has 0 aliphatic rings. The lowest BCUT2D eigenvalue weighted by atomic mass is 10.1. The van der Waals surface area contributed by atoms with Crippen molar-refractivity contribution in [3.63, 3.8) is 0 Å². The summed E-state index contributed by atoms with van der Waals surface area (Å²) in [5.74, 6) is 2.03. The van der Waals surface area contributed by atoms with Crippen molar-refractivity contribution in [3.8, 4) is 0 Å². The van der Waals surface area contributed by atoms with E-state index in [1.807, 2.05) is 17.7 Å². The van der Waals surface area contributed by atoms with Crippen molar-refractivity contribution >= 4 is 52.2 Å². The third-order valence-corrected chi connectivity index (χ3v) is 6.66. The molecule has 8 heteroatoms. The molecular weight excluding hydrogens is 382 g/mol. The largest absolute Gasteiger partial charge is 0.308 e. The fourth-order valence-corrected chi connectivity index (χ4v) is 4.64. The molecule has 2 aromatic heterocycles. The minimum absolute atomic E-state index is 0.0502. The molecule has 0 saturated heterocycles. The normalized spacial score (nSPS) is 10.9. The van der Waals surface area contributed by atoms with E-state index < -0.39 is 0 Å². The average molecular weight is 396 g/mol. The van der Waals surface area contributed by atoms with Gasteiger partial charge in [0.2, 0.25) is 0 Å². The van der Waals surface area contributed by atoms with E-state index in [2.05, 4.69) is 21.6 Å². The second-order valence-electron chi connectivity index (χ2n) is 4.90. The van der Waals surface area contributed by atoms with Gasteiger partial charge in [-0.25, -0.2) is 0 Å². The predicted molar refractivity (Wildman–Crippen MR) is 101 cm³/mol. The third kappa shape index (κ3) is 4.42. The Hall–Kier alpha value is -1.28. The van der Waals surface area contributed by atoms with Crippen molar-refractivity contribution in [2.24, 2.45) is 7.05 Å². The zero-order chi connectivity index (χ0) is 16.9. The molecule has 0 spiro atoms. The van der Waals surface area contributed by atoms with Crippen molar-refractivity contribution in [1.82, 2.24) is 14.8 Å². The number of benzene rings is 1. The molecule has 3 rings (SSSR count). The third-order valence-electron chi connectivity index (χ3n) is 3.26. The molecule has 4 nitrogen and oxygen atoms in total. The fourth-order valence-electron chi connectivity index (χ4n) is 1.93. The molecule has 0 bridgehead atoms. The fraction of sp³-hybridized carbons (Fsp3) is 0.188. The van der Waals surface area contributed by atoms with Crippen LogP contribution in [0.5, 0.6) is 0 Å². The van der Waals surface area contributed by atoms with E-state index in [0.29, 0.717) is 16.3 Å². The van der Waals surface area contributed by atoms with Crippen LogP contribution in [-0.2, 0) is 12.8 Å². The molecule has 124 valence electrons. The van der Waals surface area contributed by atoms with Crippen LogP contribution in [0.4, 0.5) is 0 Å². The van der Waals surface area contributed by atoms with Crippen LogP contribution in [0.3, 0.4) is 0 Å². The Kier molecular flexibility index (Phi) is 5.99. The Bertz CT molecular complexity index is 816. The molecule has 0 amide bonds. The van der Waals surface area contributed by atoms with Crippen LogP contribution in [-0.4, -0.2) is 26.3 Å². The van der Waals surface area contributed by atoms with Crippen LogP contribution in [0, 0.1) is 0 Å². The first-order valence-electron chi connectivity index (χ1n) is 7.09. The molecular formula is C16H14ClN3OS3. The van der Waals surface area contributed by atoms with Crippen LogP contribution < -0.4 is 0 Å². The van der Waals surface area contributed by atoms with Crippen LogP contribution in [0.2, 0.25) is 5.02 Å². The number of halogens is 1. The second-order valence-corrected chi connectivity index (χ2v) is 8.50. The Morgan fingerprint density at radius 3 is 2.71 bits per heavy atom. The smallest absolute Gasteiger partial charge is 0.191 e. The van der Waals surface area contributed by atoms with E-state index in [1.165, 1.54) is 16.0 Å². The maximum absolute atomic E-state index is 12.2. The van der Waals surface area contributed by atoms with Crippen molar-refractivity contribution in [1.29, 1.82) is 0 Å². The van der Waals surface area contributed by atoms with E-state index >= 15 is 0 Å². The molecule has 1 aromatic carbocycles. The highest BCUT2D eigenvalue weighted by Gasteiger charge is 2.13. The van der Waals surface area contributed by atoms with E-state index in [0.717, 1.165) is 16.7 Å². The second kappa shape index (κ2) is 8.20. The number of carbonyl (C=O) groups excluding carboxylic acids is 1. The van der Waals surface area contributed by atoms with E-state index in [1.54, 1.807) is 47.4 Å². The van der Waals surface area contributed by atoms with Gasteiger partial charge in [-0.3, -0.25) is 4.79 Å². The molecule has 0 radical (unpaired) electrons. The lowest BCUT2D eigenvalue weighted by Gasteiger charge is -2.03. The quantitative estimate of drug-likeness (QED) is 0.425. The number of thiophene rings is 1. The topological polar surface area (TPSA) is 47.8 Å². The SMILES string of the molecule is Cn1c(CSc2cccs2)nnc1SCC(=O)c1ccc(Cl)cc1. The Labute approximate surface area is 157 Å². The zero-order valence-electron chi connectivity index (χ0n) is 12.8. The van der Waals surface area contributed by atoms with Gasteiger partial charge in [-0.05, 0) is 35.7 Å². The number of thioether (sulfide) groups is 2. The molecule has 3 aromatic rings. The Morgan fingerprint density at radius 1 is 1.21 bits per heavy atom. The summed E-state index contributed by atoms with van der Waals surface area (Å²) < 4.78 is 3.20.